The number of hydrogen-bond donors (Lipinski definition) is 1. The van der Waals surface area contributed by atoms with Crippen LogP contribution in [-0.4, -0.2) is 43.8 Å². The highest BCUT2D eigenvalue weighted by Gasteiger charge is 2.26. The lowest BCUT2D eigenvalue weighted by molar-refractivity contribution is -0.136. The number of alkyl halides is 3. The molecule has 0 aromatic carbocycles. The predicted octanol–water partition coefficient (Wildman–Crippen LogP) is 2.26. The SMILES string of the molecule is CC(C)NCCN(C)CCCC(F)(F)F. The minimum atomic E-state index is -4.02. The van der Waals surface area contributed by atoms with E-state index in [-0.39, 0.29) is 6.42 Å². The average molecular weight is 226 g/mol. The minimum Gasteiger partial charge on any atom is -0.313 e. The molecular weight excluding hydrogens is 205 g/mol. The molecule has 15 heavy (non-hydrogen) atoms. The Balaban J connectivity index is 3.37. The maximum atomic E-state index is 11.8. The summed E-state index contributed by atoms with van der Waals surface area (Å²) in [6, 6.07) is 0.425. The summed E-state index contributed by atoms with van der Waals surface area (Å²) in [7, 11) is 1.85. The average Bonchev–Trinajstić information content (AvgIpc) is 2.00. The molecular formula is C10H21F3N2. The molecule has 0 aromatic rings. The Bertz CT molecular complexity index is 157. The molecule has 0 unspecified atom stereocenters. The number of rotatable bonds is 7. The highest BCUT2D eigenvalue weighted by atomic mass is 19.4. The van der Waals surface area contributed by atoms with Crippen LogP contribution >= 0.6 is 0 Å². The summed E-state index contributed by atoms with van der Waals surface area (Å²) in [6.07, 6.45) is -4.52. The largest absolute Gasteiger partial charge is 0.389 e. The van der Waals surface area contributed by atoms with Crippen molar-refractivity contribution in [1.82, 2.24) is 10.2 Å². The van der Waals surface area contributed by atoms with Gasteiger partial charge in [-0.1, -0.05) is 13.8 Å². The van der Waals surface area contributed by atoms with Gasteiger partial charge in [-0.05, 0) is 20.0 Å². The highest BCUT2D eigenvalue weighted by Crippen LogP contribution is 2.21. The molecule has 0 rings (SSSR count). The van der Waals surface area contributed by atoms with Crippen molar-refractivity contribution in [2.75, 3.05) is 26.7 Å². The van der Waals surface area contributed by atoms with Crippen molar-refractivity contribution in [2.24, 2.45) is 0 Å². The van der Waals surface area contributed by atoms with Gasteiger partial charge >= 0.3 is 6.18 Å². The second-order valence-electron chi connectivity index (χ2n) is 4.13. The van der Waals surface area contributed by atoms with Gasteiger partial charge < -0.3 is 10.2 Å². The molecule has 0 aliphatic carbocycles. The topological polar surface area (TPSA) is 15.3 Å². The molecule has 0 aliphatic heterocycles. The first-order valence-corrected chi connectivity index (χ1v) is 5.30. The zero-order chi connectivity index (χ0) is 11.9. The summed E-state index contributed by atoms with van der Waals surface area (Å²) in [6.45, 7) is 6.20. The number of nitrogens with zero attached hydrogens (tertiary/aromatic N) is 1. The third-order valence-corrected chi connectivity index (χ3v) is 2.05. The van der Waals surface area contributed by atoms with Gasteiger partial charge in [0.2, 0.25) is 0 Å². The molecule has 0 heterocycles. The lowest BCUT2D eigenvalue weighted by Gasteiger charge is -2.18. The highest BCUT2D eigenvalue weighted by molar-refractivity contribution is 4.59. The zero-order valence-corrected chi connectivity index (χ0v) is 9.69. The third kappa shape index (κ3) is 11.6. The van der Waals surface area contributed by atoms with Gasteiger partial charge in [0.15, 0.2) is 0 Å². The van der Waals surface area contributed by atoms with Crippen molar-refractivity contribution in [1.29, 1.82) is 0 Å². The fourth-order valence-corrected chi connectivity index (χ4v) is 1.21. The molecule has 92 valence electrons. The van der Waals surface area contributed by atoms with Crippen LogP contribution in [0.1, 0.15) is 26.7 Å². The Hall–Kier alpha value is -0.290. The Labute approximate surface area is 89.8 Å². The van der Waals surface area contributed by atoms with E-state index in [4.69, 9.17) is 0 Å². The minimum absolute atomic E-state index is 0.182. The summed E-state index contributed by atoms with van der Waals surface area (Å²) in [5.41, 5.74) is 0. The first-order valence-electron chi connectivity index (χ1n) is 5.30. The molecule has 0 saturated carbocycles. The standard InChI is InChI=1S/C10H21F3N2/c1-9(2)14-6-8-15(3)7-4-5-10(11,12)13/h9,14H,4-8H2,1-3H3. The van der Waals surface area contributed by atoms with E-state index in [9.17, 15) is 13.2 Å². The predicted molar refractivity (Wildman–Crippen MR) is 55.9 cm³/mol. The van der Waals surface area contributed by atoms with Crippen LogP contribution in [0.15, 0.2) is 0 Å². The van der Waals surface area contributed by atoms with Crippen LogP contribution in [0, 0.1) is 0 Å². The van der Waals surface area contributed by atoms with Gasteiger partial charge in [0.25, 0.3) is 0 Å². The Kier molecular flexibility index (Phi) is 6.92. The second-order valence-corrected chi connectivity index (χ2v) is 4.13. The quantitative estimate of drug-likeness (QED) is 0.716. The number of nitrogens with one attached hydrogen (secondary N) is 1. The Morgan fingerprint density at radius 2 is 1.80 bits per heavy atom. The molecule has 1 N–H and O–H groups in total. The second kappa shape index (κ2) is 7.06. The van der Waals surface area contributed by atoms with E-state index in [1.54, 1.807) is 0 Å². The molecule has 0 atom stereocenters. The van der Waals surface area contributed by atoms with Crippen molar-refractivity contribution in [3.05, 3.63) is 0 Å². The van der Waals surface area contributed by atoms with E-state index in [1.807, 2.05) is 25.8 Å². The zero-order valence-electron chi connectivity index (χ0n) is 9.69. The first-order chi connectivity index (χ1) is 6.81. The number of hydrogen-bond acceptors (Lipinski definition) is 2. The fourth-order valence-electron chi connectivity index (χ4n) is 1.21. The molecule has 0 spiro atoms. The van der Waals surface area contributed by atoms with Crippen LogP contribution in [0.3, 0.4) is 0 Å². The van der Waals surface area contributed by atoms with Gasteiger partial charge in [0.05, 0.1) is 0 Å². The first kappa shape index (κ1) is 14.7. The van der Waals surface area contributed by atoms with Gasteiger partial charge in [-0.25, -0.2) is 0 Å². The van der Waals surface area contributed by atoms with Crippen LogP contribution in [0.4, 0.5) is 13.2 Å². The molecule has 0 fully saturated rings. The van der Waals surface area contributed by atoms with Gasteiger partial charge in [-0.2, -0.15) is 13.2 Å². The lowest BCUT2D eigenvalue weighted by Crippen LogP contribution is -2.33. The van der Waals surface area contributed by atoms with Gasteiger partial charge in [0.1, 0.15) is 0 Å². The maximum Gasteiger partial charge on any atom is 0.389 e. The maximum absolute atomic E-state index is 11.8. The molecule has 5 heteroatoms. The summed E-state index contributed by atoms with van der Waals surface area (Å²) in [5.74, 6) is 0. The van der Waals surface area contributed by atoms with E-state index in [2.05, 4.69) is 5.32 Å². The molecule has 0 radical (unpaired) electrons. The molecule has 0 aliphatic rings. The van der Waals surface area contributed by atoms with Crippen molar-refractivity contribution in [2.45, 2.75) is 38.9 Å². The lowest BCUT2D eigenvalue weighted by atomic mass is 10.3. The molecule has 0 bridgehead atoms. The monoisotopic (exact) mass is 226 g/mol. The smallest absolute Gasteiger partial charge is 0.313 e. The summed E-state index contributed by atoms with van der Waals surface area (Å²) in [5, 5.41) is 3.22. The van der Waals surface area contributed by atoms with Crippen LogP contribution in [-0.2, 0) is 0 Å². The third-order valence-electron chi connectivity index (χ3n) is 2.05. The van der Waals surface area contributed by atoms with E-state index in [0.29, 0.717) is 12.6 Å². The van der Waals surface area contributed by atoms with E-state index < -0.39 is 12.6 Å². The van der Waals surface area contributed by atoms with Gasteiger partial charge in [0, 0.05) is 25.6 Å². The molecule has 0 amide bonds. The van der Waals surface area contributed by atoms with E-state index in [1.165, 1.54) is 0 Å². The van der Waals surface area contributed by atoms with Crippen molar-refractivity contribution >= 4 is 0 Å². The summed E-state index contributed by atoms with van der Waals surface area (Å²) in [4.78, 5) is 1.92. The summed E-state index contributed by atoms with van der Waals surface area (Å²) < 4.78 is 35.5. The molecule has 2 nitrogen and oxygen atoms in total. The Morgan fingerprint density at radius 1 is 1.20 bits per heavy atom. The normalized spacial score (nSPS) is 12.8. The summed E-state index contributed by atoms with van der Waals surface area (Å²) >= 11 is 0. The fraction of sp³-hybridized carbons (Fsp3) is 1.00. The van der Waals surface area contributed by atoms with Gasteiger partial charge in [-0.15, -0.1) is 0 Å². The number of likely N-dealkylation sites (N-methyl/N-ethyl adjacent to an activating group) is 1. The molecule has 0 aromatic heterocycles. The number of halogens is 3. The molecule has 0 saturated heterocycles. The van der Waals surface area contributed by atoms with E-state index >= 15 is 0 Å². The van der Waals surface area contributed by atoms with Crippen molar-refractivity contribution in [3.8, 4) is 0 Å². The van der Waals surface area contributed by atoms with E-state index in [0.717, 1.165) is 13.1 Å². The van der Waals surface area contributed by atoms with Crippen LogP contribution < -0.4 is 5.32 Å². The van der Waals surface area contributed by atoms with Crippen LogP contribution in [0.2, 0.25) is 0 Å². The van der Waals surface area contributed by atoms with Crippen LogP contribution in [0.25, 0.3) is 0 Å². The van der Waals surface area contributed by atoms with Crippen molar-refractivity contribution in [3.63, 3.8) is 0 Å². The van der Waals surface area contributed by atoms with Gasteiger partial charge in [-0.3, -0.25) is 0 Å². The van der Waals surface area contributed by atoms with Crippen molar-refractivity contribution < 1.29 is 13.2 Å². The van der Waals surface area contributed by atoms with Crippen LogP contribution in [0.5, 0.6) is 0 Å². The Morgan fingerprint density at radius 3 is 2.27 bits per heavy atom.